The van der Waals surface area contributed by atoms with Gasteiger partial charge in [0.1, 0.15) is 0 Å². The van der Waals surface area contributed by atoms with Crippen molar-refractivity contribution in [3.8, 4) is 0 Å². The Morgan fingerprint density at radius 1 is 1.25 bits per heavy atom. The number of rotatable bonds is 0. The van der Waals surface area contributed by atoms with E-state index >= 15 is 0 Å². The van der Waals surface area contributed by atoms with Gasteiger partial charge in [-0.25, -0.2) is 0 Å². The summed E-state index contributed by atoms with van der Waals surface area (Å²) in [4.78, 5) is 0. The molecule has 0 unspecified atom stereocenters. The van der Waals surface area contributed by atoms with Gasteiger partial charge < -0.3 is 5.48 Å². The van der Waals surface area contributed by atoms with E-state index in [4.69, 9.17) is 0 Å². The third kappa shape index (κ3) is 10.7. The van der Waals surface area contributed by atoms with E-state index in [0.717, 1.165) is 0 Å². The van der Waals surface area contributed by atoms with Crippen LogP contribution in [0.15, 0.2) is 0 Å². The quantitative estimate of drug-likeness (QED) is 0.454. The summed E-state index contributed by atoms with van der Waals surface area (Å²) in [5.74, 6) is 0. The minimum atomic E-state index is 0. The summed E-state index contributed by atoms with van der Waals surface area (Å²) in [7, 11) is 3.83. The van der Waals surface area contributed by atoms with Crippen LogP contribution in [0.25, 0.3) is 0 Å². The molecule has 0 bridgehead atoms. The Labute approximate surface area is 47.6 Å². The standard InChI is InChI=1S/2Fe.H2O.S/h;;1H2;. The van der Waals surface area contributed by atoms with Crippen LogP contribution < -0.4 is 0 Å². The Morgan fingerprint density at radius 2 is 1.25 bits per heavy atom. The molecule has 4 heteroatoms. The fourth-order valence-electron chi connectivity index (χ4n) is 0. The summed E-state index contributed by atoms with van der Waals surface area (Å²) < 4.78 is 0. The van der Waals surface area contributed by atoms with Gasteiger partial charge in [0, 0.05) is 17.1 Å². The van der Waals surface area contributed by atoms with Gasteiger partial charge in [0.15, 0.2) is 0 Å². The first-order valence-corrected chi connectivity index (χ1v) is 1.79. The molecule has 2 N–H and O–H groups in total. The topological polar surface area (TPSA) is 31.5 Å². The van der Waals surface area contributed by atoms with Crippen molar-refractivity contribution in [3.05, 3.63) is 0 Å². The Morgan fingerprint density at radius 3 is 1.25 bits per heavy atom. The maximum atomic E-state index is 3.83. The molecule has 0 aliphatic carbocycles. The molecule has 0 spiro atoms. The molecule has 0 saturated heterocycles. The zero-order valence-corrected chi connectivity index (χ0v) is 4.64. The van der Waals surface area contributed by atoms with Gasteiger partial charge in [-0.1, -0.05) is 0 Å². The summed E-state index contributed by atoms with van der Waals surface area (Å²) in [6, 6.07) is 0. The van der Waals surface area contributed by atoms with Gasteiger partial charge in [-0.2, -0.15) is 0 Å². The molecular weight excluding hydrogens is 160 g/mol. The van der Waals surface area contributed by atoms with Crippen LogP contribution in [-0.4, -0.2) is 5.48 Å². The molecule has 0 aliphatic heterocycles. The van der Waals surface area contributed by atoms with E-state index in [9.17, 15) is 0 Å². The van der Waals surface area contributed by atoms with Crippen LogP contribution in [0.5, 0.6) is 0 Å². The fourth-order valence-corrected chi connectivity index (χ4v) is 0. The molecule has 4 heavy (non-hydrogen) atoms. The van der Waals surface area contributed by atoms with Crippen molar-refractivity contribution in [1.82, 2.24) is 0 Å². The van der Waals surface area contributed by atoms with Crippen molar-refractivity contribution in [1.29, 1.82) is 0 Å². The summed E-state index contributed by atoms with van der Waals surface area (Å²) in [6.07, 6.45) is 0. The normalized spacial score (nSPS) is 1.25. The van der Waals surface area contributed by atoms with Gasteiger partial charge in [0.05, 0.1) is 0 Å². The van der Waals surface area contributed by atoms with E-state index in [1.54, 1.807) is 0 Å². The third-order valence-corrected chi connectivity index (χ3v) is 0. The second-order valence-electron chi connectivity index (χ2n) is 0. The van der Waals surface area contributed by atoms with Crippen molar-refractivity contribution >= 4 is 10.6 Å². The molecule has 0 aromatic rings. The van der Waals surface area contributed by atoms with Gasteiger partial charge in [-0.15, -0.1) is 0 Å². The maximum absolute atomic E-state index is 3.83. The van der Waals surface area contributed by atoms with Crippen LogP contribution in [0.3, 0.4) is 0 Å². The first kappa shape index (κ1) is 18.9. The first-order chi connectivity index (χ1) is 1.00. The molecule has 0 radical (unpaired) electrons. The monoisotopic (exact) mass is 162 g/mol. The van der Waals surface area contributed by atoms with Crippen LogP contribution >= 0.6 is 10.6 Å². The molecule has 0 amide bonds. The van der Waals surface area contributed by atoms with E-state index in [1.807, 2.05) is 0 Å². The SMILES string of the molecule is O.[Fe].[S]=[Fe]. The van der Waals surface area contributed by atoms with Crippen molar-refractivity contribution in [3.63, 3.8) is 0 Å². The Hall–Kier alpha value is 1.22. The second kappa shape index (κ2) is 29.4. The molecule has 0 aromatic heterocycles. The average Bonchev–Trinajstić information content (AvgIpc) is 1.00. The molecule has 0 aromatic carbocycles. The van der Waals surface area contributed by atoms with E-state index < -0.39 is 0 Å². The predicted molar refractivity (Wildman–Crippen MR) is 11.2 cm³/mol. The van der Waals surface area contributed by atoms with E-state index in [2.05, 4.69) is 24.9 Å². The molecule has 0 rings (SSSR count). The van der Waals surface area contributed by atoms with Gasteiger partial charge in [0.25, 0.3) is 0 Å². The summed E-state index contributed by atoms with van der Waals surface area (Å²) in [5.41, 5.74) is 0. The molecule has 0 fully saturated rings. The zero-order valence-electron chi connectivity index (χ0n) is 1.62. The predicted octanol–water partition coefficient (Wildman–Crippen LogP) is -0.181. The Bertz CT molecular complexity index is 6.00. The van der Waals surface area contributed by atoms with Gasteiger partial charge in [-0.3, -0.25) is 0 Å². The Balaban J connectivity index is -0.00000000500. The molecule has 0 atom stereocenters. The van der Waals surface area contributed by atoms with Crippen LogP contribution in [0.2, 0.25) is 0 Å². The second-order valence-corrected chi connectivity index (χ2v) is 0. The number of hydrogen-bond donors (Lipinski definition) is 0. The van der Waals surface area contributed by atoms with E-state index in [1.165, 1.54) is 0 Å². The third-order valence-electron chi connectivity index (χ3n) is 0. The molecule has 1 nitrogen and oxygen atoms in total. The van der Waals surface area contributed by atoms with Gasteiger partial charge in [0.2, 0.25) is 0 Å². The van der Waals surface area contributed by atoms with Crippen LogP contribution in [0, 0.1) is 0 Å². The summed E-state index contributed by atoms with van der Waals surface area (Å²) in [6.45, 7) is 0. The first-order valence-electron chi connectivity index (χ1n) is 0.144. The Kier molecular flexibility index (Phi) is 139. The average molecular weight is 162 g/mol. The minimum absolute atomic E-state index is 0. The number of hydrogen-bond acceptors (Lipinski definition) is 1. The van der Waals surface area contributed by atoms with Gasteiger partial charge in [-0.05, 0) is 0 Å². The van der Waals surface area contributed by atoms with E-state index in [-0.39, 0.29) is 22.5 Å². The van der Waals surface area contributed by atoms with Crippen molar-refractivity contribution in [2.45, 2.75) is 0 Å². The summed E-state index contributed by atoms with van der Waals surface area (Å²) >= 11 is 2.83. The van der Waals surface area contributed by atoms with Crippen molar-refractivity contribution < 1.29 is 36.9 Å². The molecule has 0 heterocycles. The van der Waals surface area contributed by atoms with Crippen LogP contribution in [0.4, 0.5) is 0 Å². The van der Waals surface area contributed by atoms with Crippen molar-refractivity contribution in [2.24, 2.45) is 0 Å². The van der Waals surface area contributed by atoms with E-state index in [0.29, 0.717) is 0 Å². The van der Waals surface area contributed by atoms with Gasteiger partial charge >= 0.3 is 24.9 Å². The van der Waals surface area contributed by atoms with Crippen LogP contribution in [-0.2, 0) is 31.5 Å². The molecule has 30 valence electrons. The summed E-state index contributed by atoms with van der Waals surface area (Å²) in [5, 5.41) is 0. The molecular formula is H2Fe2OS. The molecule has 0 aliphatic rings. The van der Waals surface area contributed by atoms with Crippen LogP contribution in [0.1, 0.15) is 0 Å². The molecule has 0 saturated carbocycles. The fraction of sp³-hybridized carbons (Fsp3) is 0. The zero-order chi connectivity index (χ0) is 2.00. The van der Waals surface area contributed by atoms with Crippen molar-refractivity contribution in [2.75, 3.05) is 0 Å².